The number of ether oxygens (including phenoxy) is 1. The number of hydrogen-bond acceptors (Lipinski definition) is 6. The molecule has 0 unspecified atom stereocenters. The number of carbonyl (C=O) groups is 1. The minimum Gasteiger partial charge on any atom is -0.456 e. The molecule has 6 nitrogen and oxygen atoms in total. The van der Waals surface area contributed by atoms with E-state index < -0.39 is 5.97 Å². The number of aliphatic hydroxyl groups is 1. The number of rotatable bonds is 4. The van der Waals surface area contributed by atoms with Gasteiger partial charge in [0.2, 0.25) is 0 Å². The van der Waals surface area contributed by atoms with E-state index in [1.54, 1.807) is 28.7 Å². The van der Waals surface area contributed by atoms with E-state index in [4.69, 9.17) is 9.84 Å². The van der Waals surface area contributed by atoms with Crippen molar-refractivity contribution >= 4 is 32.5 Å². The van der Waals surface area contributed by atoms with Crippen molar-refractivity contribution in [3.8, 4) is 0 Å². The van der Waals surface area contributed by atoms with Crippen molar-refractivity contribution in [2.24, 2.45) is 0 Å². The number of carbonyl (C=O) groups excluding carboxylic acids is 1. The van der Waals surface area contributed by atoms with Crippen LogP contribution in [0.5, 0.6) is 0 Å². The second-order valence-electron chi connectivity index (χ2n) is 5.70. The maximum atomic E-state index is 12.4. The molecule has 0 atom stereocenters. The average Bonchev–Trinajstić information content (AvgIpc) is 3.05. The van der Waals surface area contributed by atoms with Crippen LogP contribution in [0.3, 0.4) is 0 Å². The number of benzene rings is 2. The lowest BCUT2D eigenvalue weighted by atomic mass is 10.1. The van der Waals surface area contributed by atoms with Gasteiger partial charge in [0.05, 0.1) is 28.1 Å². The van der Waals surface area contributed by atoms with Crippen LogP contribution in [0.1, 0.15) is 21.6 Å². The molecular weight excluding hydrogens is 352 g/mol. The quantitative estimate of drug-likeness (QED) is 0.562. The molecule has 4 aromatic rings. The second kappa shape index (κ2) is 6.70. The van der Waals surface area contributed by atoms with Gasteiger partial charge < -0.3 is 9.84 Å². The van der Waals surface area contributed by atoms with Crippen molar-refractivity contribution in [1.82, 2.24) is 9.38 Å². The van der Waals surface area contributed by atoms with E-state index in [-0.39, 0.29) is 18.8 Å². The maximum Gasteiger partial charge on any atom is 0.338 e. The van der Waals surface area contributed by atoms with Crippen LogP contribution >= 0.6 is 11.3 Å². The van der Waals surface area contributed by atoms with Crippen LogP contribution in [0.25, 0.3) is 15.2 Å². The summed E-state index contributed by atoms with van der Waals surface area (Å²) in [5, 5.41) is 9.03. The number of nitrogens with zero attached hydrogens (tertiary/aromatic N) is 2. The molecule has 0 spiro atoms. The number of aliphatic hydroxyl groups excluding tert-OH is 1. The Bertz CT molecular complexity index is 1160. The molecule has 0 amide bonds. The normalized spacial score (nSPS) is 11.1. The fourth-order valence-corrected chi connectivity index (χ4v) is 3.72. The Labute approximate surface area is 151 Å². The molecule has 4 rings (SSSR count). The highest BCUT2D eigenvalue weighted by Gasteiger charge is 2.12. The Morgan fingerprint density at radius 2 is 1.92 bits per heavy atom. The Morgan fingerprint density at radius 1 is 1.15 bits per heavy atom. The molecule has 130 valence electrons. The molecule has 2 heterocycles. The summed E-state index contributed by atoms with van der Waals surface area (Å²) in [5.41, 5.74) is 2.11. The Balaban J connectivity index is 1.58. The van der Waals surface area contributed by atoms with Crippen molar-refractivity contribution in [3.05, 3.63) is 81.8 Å². The van der Waals surface area contributed by atoms with E-state index in [0.29, 0.717) is 21.8 Å². The molecule has 0 bridgehead atoms. The van der Waals surface area contributed by atoms with Gasteiger partial charge in [0.25, 0.3) is 5.56 Å². The van der Waals surface area contributed by atoms with Gasteiger partial charge in [0.1, 0.15) is 6.61 Å². The largest absolute Gasteiger partial charge is 0.456 e. The maximum absolute atomic E-state index is 12.4. The van der Waals surface area contributed by atoms with Crippen molar-refractivity contribution in [2.45, 2.75) is 13.2 Å². The summed E-state index contributed by atoms with van der Waals surface area (Å²) < 4.78 is 7.78. The smallest absolute Gasteiger partial charge is 0.338 e. The Morgan fingerprint density at radius 3 is 2.69 bits per heavy atom. The summed E-state index contributed by atoms with van der Waals surface area (Å²) in [7, 11) is 0. The van der Waals surface area contributed by atoms with Crippen molar-refractivity contribution in [2.75, 3.05) is 0 Å². The Kier molecular flexibility index (Phi) is 4.24. The van der Waals surface area contributed by atoms with Crippen LogP contribution < -0.4 is 5.56 Å². The van der Waals surface area contributed by atoms with E-state index in [2.05, 4.69) is 4.98 Å². The lowest BCUT2D eigenvalue weighted by Crippen LogP contribution is -2.15. The van der Waals surface area contributed by atoms with E-state index in [9.17, 15) is 9.59 Å². The molecule has 2 aromatic carbocycles. The van der Waals surface area contributed by atoms with Crippen molar-refractivity contribution in [3.63, 3.8) is 0 Å². The fraction of sp³-hybridized carbons (Fsp3) is 0.105. The number of esters is 1. The van der Waals surface area contributed by atoms with Crippen LogP contribution in [0.2, 0.25) is 0 Å². The monoisotopic (exact) mass is 366 g/mol. The lowest BCUT2D eigenvalue weighted by molar-refractivity contribution is 0.0467. The van der Waals surface area contributed by atoms with Gasteiger partial charge in [0.15, 0.2) is 4.96 Å². The highest BCUT2D eigenvalue weighted by Crippen LogP contribution is 2.23. The summed E-state index contributed by atoms with van der Waals surface area (Å²) in [4.78, 5) is 29.5. The predicted molar refractivity (Wildman–Crippen MR) is 98.3 cm³/mol. The molecule has 0 aliphatic carbocycles. The van der Waals surface area contributed by atoms with Gasteiger partial charge >= 0.3 is 5.97 Å². The van der Waals surface area contributed by atoms with Gasteiger partial charge in [-0.05, 0) is 29.8 Å². The topological polar surface area (TPSA) is 80.9 Å². The van der Waals surface area contributed by atoms with E-state index in [0.717, 1.165) is 10.2 Å². The third kappa shape index (κ3) is 2.98. The summed E-state index contributed by atoms with van der Waals surface area (Å²) >= 11 is 1.41. The van der Waals surface area contributed by atoms with E-state index in [1.165, 1.54) is 17.4 Å². The minimum atomic E-state index is -0.507. The second-order valence-corrected chi connectivity index (χ2v) is 6.71. The highest BCUT2D eigenvalue weighted by molar-refractivity contribution is 7.23. The molecule has 0 saturated carbocycles. The first kappa shape index (κ1) is 16.4. The first-order valence-electron chi connectivity index (χ1n) is 7.93. The molecule has 7 heteroatoms. The van der Waals surface area contributed by atoms with Gasteiger partial charge in [-0.15, -0.1) is 0 Å². The molecule has 26 heavy (non-hydrogen) atoms. The molecule has 1 N–H and O–H groups in total. The summed E-state index contributed by atoms with van der Waals surface area (Å²) in [6.45, 7) is -0.168. The van der Waals surface area contributed by atoms with E-state index in [1.807, 2.05) is 24.3 Å². The van der Waals surface area contributed by atoms with Crippen LogP contribution in [-0.4, -0.2) is 20.5 Å². The Hall–Kier alpha value is -3.03. The number of thiazole rings is 1. The van der Waals surface area contributed by atoms with E-state index >= 15 is 0 Å². The number of fused-ring (bicyclic) bond motifs is 3. The van der Waals surface area contributed by atoms with Gasteiger partial charge in [-0.1, -0.05) is 35.6 Å². The number of hydrogen-bond donors (Lipinski definition) is 1. The summed E-state index contributed by atoms with van der Waals surface area (Å²) in [6, 6.07) is 15.5. The minimum absolute atomic E-state index is 0.0828. The predicted octanol–water partition coefficient (Wildman–Crippen LogP) is 2.76. The molecule has 0 fully saturated rings. The summed E-state index contributed by atoms with van der Waals surface area (Å²) in [5.74, 6) is -0.507. The van der Waals surface area contributed by atoms with Crippen LogP contribution in [0.15, 0.2) is 59.4 Å². The van der Waals surface area contributed by atoms with Crippen LogP contribution in [-0.2, 0) is 18.0 Å². The number of para-hydroxylation sites is 1. The molecule has 0 aliphatic heterocycles. The summed E-state index contributed by atoms with van der Waals surface area (Å²) in [6.07, 6.45) is 0. The zero-order chi connectivity index (χ0) is 18.1. The zero-order valence-electron chi connectivity index (χ0n) is 13.6. The fourth-order valence-electron chi connectivity index (χ4n) is 2.67. The van der Waals surface area contributed by atoms with Crippen LogP contribution in [0.4, 0.5) is 0 Å². The van der Waals surface area contributed by atoms with Gasteiger partial charge in [-0.2, -0.15) is 0 Å². The molecular formula is C19H14N2O4S. The third-order valence-corrected chi connectivity index (χ3v) is 4.99. The van der Waals surface area contributed by atoms with Crippen molar-refractivity contribution in [1.29, 1.82) is 0 Å². The number of aromatic nitrogens is 2. The van der Waals surface area contributed by atoms with Crippen molar-refractivity contribution < 1.29 is 14.6 Å². The highest BCUT2D eigenvalue weighted by atomic mass is 32.1. The molecule has 0 aliphatic rings. The van der Waals surface area contributed by atoms with Gasteiger partial charge in [-0.3, -0.25) is 9.20 Å². The first-order valence-corrected chi connectivity index (χ1v) is 8.74. The van der Waals surface area contributed by atoms with Gasteiger partial charge in [-0.25, -0.2) is 9.78 Å². The van der Waals surface area contributed by atoms with Crippen LogP contribution in [0, 0.1) is 0 Å². The molecule has 0 saturated heterocycles. The zero-order valence-corrected chi connectivity index (χ0v) is 14.4. The third-order valence-electron chi connectivity index (χ3n) is 3.97. The molecule has 2 aromatic heterocycles. The molecule has 0 radical (unpaired) electrons. The lowest BCUT2D eigenvalue weighted by Gasteiger charge is -2.05. The standard InChI is InChI=1S/C19H14N2O4S/c22-10-12-5-7-13(8-6-12)18(24)25-11-14-9-17(23)21-15-3-1-2-4-16(15)26-19(21)20-14/h1-9,22H,10-11H2. The first-order chi connectivity index (χ1) is 12.7. The average molecular weight is 366 g/mol. The van der Waals surface area contributed by atoms with Gasteiger partial charge in [0, 0.05) is 6.07 Å². The SMILES string of the molecule is O=C(OCc1cc(=O)n2c(n1)sc1ccccc12)c1ccc(CO)cc1.